The first-order valence-electron chi connectivity index (χ1n) is 5.10. The van der Waals surface area contributed by atoms with Crippen molar-refractivity contribution in [2.75, 3.05) is 16.8 Å². The predicted molar refractivity (Wildman–Crippen MR) is 64.9 cm³/mol. The van der Waals surface area contributed by atoms with E-state index in [1.165, 1.54) is 4.63 Å². The van der Waals surface area contributed by atoms with Crippen molar-refractivity contribution in [3.05, 3.63) is 12.1 Å². The van der Waals surface area contributed by atoms with Gasteiger partial charge in [-0.2, -0.15) is 0 Å². The van der Waals surface area contributed by atoms with E-state index >= 15 is 0 Å². The lowest BCUT2D eigenvalue weighted by Crippen LogP contribution is -2.33. The second kappa shape index (κ2) is 4.73. The van der Waals surface area contributed by atoms with E-state index in [-0.39, 0.29) is 0 Å². The highest BCUT2D eigenvalue weighted by Crippen LogP contribution is 2.13. The Hall–Kier alpha value is -1.24. The first-order valence-corrected chi connectivity index (χ1v) is 6.22. The summed E-state index contributed by atoms with van der Waals surface area (Å²) >= 11 is 3.44. The SMILES string of the molecule is CC(C)N(CCBr)c1ccc2nnnn2n1. The molecule has 0 aliphatic rings. The first kappa shape index (κ1) is 11.3. The van der Waals surface area contributed by atoms with Crippen LogP contribution in [0.15, 0.2) is 12.1 Å². The summed E-state index contributed by atoms with van der Waals surface area (Å²) in [6, 6.07) is 4.19. The molecule has 0 amide bonds. The van der Waals surface area contributed by atoms with Crippen LogP contribution in [0.4, 0.5) is 5.82 Å². The summed E-state index contributed by atoms with van der Waals surface area (Å²) in [5, 5.41) is 16.4. The van der Waals surface area contributed by atoms with Crippen LogP contribution >= 0.6 is 15.9 Å². The maximum absolute atomic E-state index is 4.36. The normalized spacial score (nSPS) is 11.2. The Morgan fingerprint density at radius 2 is 2.25 bits per heavy atom. The van der Waals surface area contributed by atoms with Crippen LogP contribution in [-0.4, -0.2) is 43.2 Å². The average molecular weight is 285 g/mol. The van der Waals surface area contributed by atoms with Crippen molar-refractivity contribution in [2.45, 2.75) is 19.9 Å². The van der Waals surface area contributed by atoms with Crippen molar-refractivity contribution in [3.63, 3.8) is 0 Å². The molecule has 86 valence electrons. The van der Waals surface area contributed by atoms with Crippen molar-refractivity contribution >= 4 is 27.4 Å². The third kappa shape index (κ3) is 2.13. The summed E-state index contributed by atoms with van der Waals surface area (Å²) in [6.45, 7) is 5.17. The smallest absolute Gasteiger partial charge is 0.200 e. The fourth-order valence-corrected chi connectivity index (χ4v) is 1.90. The molecule has 2 aromatic rings. The van der Waals surface area contributed by atoms with Gasteiger partial charge < -0.3 is 4.90 Å². The van der Waals surface area contributed by atoms with Gasteiger partial charge in [0, 0.05) is 17.9 Å². The van der Waals surface area contributed by atoms with Crippen molar-refractivity contribution < 1.29 is 0 Å². The third-order valence-corrected chi connectivity index (χ3v) is 2.65. The molecule has 0 aliphatic heterocycles. The van der Waals surface area contributed by atoms with Gasteiger partial charge in [0.1, 0.15) is 0 Å². The molecule has 2 heterocycles. The number of tetrazole rings is 1. The van der Waals surface area contributed by atoms with Crippen LogP contribution in [0.25, 0.3) is 5.65 Å². The number of fused-ring (bicyclic) bond motifs is 1. The Labute approximate surface area is 102 Å². The third-order valence-electron chi connectivity index (χ3n) is 2.30. The molecule has 0 radical (unpaired) electrons. The molecule has 6 nitrogen and oxygen atoms in total. The number of halogens is 1. The number of alkyl halides is 1. The van der Waals surface area contributed by atoms with Crippen LogP contribution in [0.1, 0.15) is 13.8 Å². The van der Waals surface area contributed by atoms with E-state index in [9.17, 15) is 0 Å². The van der Waals surface area contributed by atoms with Gasteiger partial charge in [0.2, 0.25) is 0 Å². The fourth-order valence-electron chi connectivity index (χ4n) is 1.52. The summed E-state index contributed by atoms with van der Waals surface area (Å²) in [4.78, 5) is 2.19. The number of hydrogen-bond acceptors (Lipinski definition) is 5. The molecular formula is C9H13BrN6. The molecule has 0 saturated heterocycles. The topological polar surface area (TPSA) is 59.2 Å². The molecule has 2 aromatic heterocycles. The number of aromatic nitrogens is 5. The second-order valence-corrected chi connectivity index (χ2v) is 4.49. The molecule has 0 saturated carbocycles. The monoisotopic (exact) mass is 284 g/mol. The first-order chi connectivity index (χ1) is 7.72. The van der Waals surface area contributed by atoms with Crippen LogP contribution < -0.4 is 4.90 Å². The summed E-state index contributed by atoms with van der Waals surface area (Å²) in [6.07, 6.45) is 0. The standard InChI is InChI=1S/C9H13BrN6/c1-7(2)15(6-5-10)9-4-3-8-11-13-14-16(8)12-9/h3-4,7H,5-6H2,1-2H3. The zero-order valence-corrected chi connectivity index (χ0v) is 10.8. The predicted octanol–water partition coefficient (Wildman–Crippen LogP) is 1.13. The van der Waals surface area contributed by atoms with Crippen LogP contribution in [0.2, 0.25) is 0 Å². The zero-order chi connectivity index (χ0) is 11.5. The van der Waals surface area contributed by atoms with E-state index in [1.54, 1.807) is 0 Å². The maximum Gasteiger partial charge on any atom is 0.200 e. The summed E-state index contributed by atoms with van der Waals surface area (Å²) in [5.41, 5.74) is 0.659. The number of rotatable bonds is 4. The van der Waals surface area contributed by atoms with Crippen LogP contribution in [-0.2, 0) is 0 Å². The Bertz CT molecular complexity index is 468. The van der Waals surface area contributed by atoms with Gasteiger partial charge in [-0.15, -0.1) is 14.8 Å². The zero-order valence-electron chi connectivity index (χ0n) is 9.21. The molecule has 0 unspecified atom stereocenters. The molecule has 0 atom stereocenters. The van der Waals surface area contributed by atoms with Crippen LogP contribution in [0, 0.1) is 0 Å². The molecule has 16 heavy (non-hydrogen) atoms. The van der Waals surface area contributed by atoms with Gasteiger partial charge in [0.15, 0.2) is 11.5 Å². The van der Waals surface area contributed by atoms with Crippen LogP contribution in [0.5, 0.6) is 0 Å². The largest absolute Gasteiger partial charge is 0.352 e. The highest BCUT2D eigenvalue weighted by Gasteiger charge is 2.12. The second-order valence-electron chi connectivity index (χ2n) is 3.69. The lowest BCUT2D eigenvalue weighted by molar-refractivity contribution is 0.665. The molecule has 0 fully saturated rings. The van der Waals surface area contributed by atoms with Crippen molar-refractivity contribution in [1.82, 2.24) is 25.3 Å². The summed E-state index contributed by atoms with van der Waals surface area (Å²) in [5.74, 6) is 0.884. The Kier molecular flexibility index (Phi) is 3.33. The van der Waals surface area contributed by atoms with Crippen molar-refractivity contribution in [2.24, 2.45) is 0 Å². The number of hydrogen-bond donors (Lipinski definition) is 0. The summed E-state index contributed by atoms with van der Waals surface area (Å²) < 4.78 is 1.44. The number of anilines is 1. The lowest BCUT2D eigenvalue weighted by Gasteiger charge is -2.26. The van der Waals surface area contributed by atoms with E-state index < -0.39 is 0 Å². The fraction of sp³-hybridized carbons (Fsp3) is 0.556. The molecule has 0 bridgehead atoms. The summed E-state index contributed by atoms with van der Waals surface area (Å²) in [7, 11) is 0. The number of nitrogens with zero attached hydrogens (tertiary/aromatic N) is 6. The maximum atomic E-state index is 4.36. The van der Waals surface area contributed by atoms with Gasteiger partial charge in [0.25, 0.3) is 0 Å². The van der Waals surface area contributed by atoms with Gasteiger partial charge in [-0.05, 0) is 36.4 Å². The van der Waals surface area contributed by atoms with Gasteiger partial charge in [-0.25, -0.2) is 0 Å². The highest BCUT2D eigenvalue weighted by molar-refractivity contribution is 9.09. The minimum absolute atomic E-state index is 0.388. The van der Waals surface area contributed by atoms with Crippen molar-refractivity contribution in [1.29, 1.82) is 0 Å². The minimum Gasteiger partial charge on any atom is -0.352 e. The minimum atomic E-state index is 0.388. The average Bonchev–Trinajstić information content (AvgIpc) is 2.72. The molecule has 0 N–H and O–H groups in total. The molecule has 0 spiro atoms. The molecule has 0 aliphatic carbocycles. The molecule has 0 aromatic carbocycles. The lowest BCUT2D eigenvalue weighted by atomic mass is 10.3. The Morgan fingerprint density at radius 1 is 1.44 bits per heavy atom. The molecule has 7 heteroatoms. The van der Waals surface area contributed by atoms with Gasteiger partial charge in [0.05, 0.1) is 0 Å². The van der Waals surface area contributed by atoms with Crippen LogP contribution in [0.3, 0.4) is 0 Å². The Morgan fingerprint density at radius 3 is 2.94 bits per heavy atom. The molecular weight excluding hydrogens is 272 g/mol. The highest BCUT2D eigenvalue weighted by atomic mass is 79.9. The Balaban J connectivity index is 2.35. The van der Waals surface area contributed by atoms with E-state index in [0.717, 1.165) is 17.7 Å². The van der Waals surface area contributed by atoms with E-state index in [4.69, 9.17) is 0 Å². The van der Waals surface area contributed by atoms with E-state index in [1.807, 2.05) is 12.1 Å². The van der Waals surface area contributed by atoms with Gasteiger partial charge in [-0.3, -0.25) is 0 Å². The van der Waals surface area contributed by atoms with Gasteiger partial charge >= 0.3 is 0 Å². The van der Waals surface area contributed by atoms with Gasteiger partial charge in [-0.1, -0.05) is 15.9 Å². The van der Waals surface area contributed by atoms with E-state index in [2.05, 4.69) is 55.3 Å². The quantitative estimate of drug-likeness (QED) is 0.788. The van der Waals surface area contributed by atoms with E-state index in [0.29, 0.717) is 11.7 Å². The molecule has 2 rings (SSSR count). The van der Waals surface area contributed by atoms with Crippen molar-refractivity contribution in [3.8, 4) is 0 Å².